The lowest BCUT2D eigenvalue weighted by Crippen LogP contribution is -2.04. The molecular weight excluding hydrogens is 246 g/mol. The molecule has 0 aliphatic carbocycles. The van der Waals surface area contributed by atoms with Gasteiger partial charge in [0.2, 0.25) is 0 Å². The fraction of sp³-hybridized carbons (Fsp3) is 0.412. The summed E-state index contributed by atoms with van der Waals surface area (Å²) < 4.78 is 0. The Labute approximate surface area is 121 Å². The molecule has 0 saturated heterocycles. The molecule has 1 aromatic heterocycles. The van der Waals surface area contributed by atoms with E-state index >= 15 is 0 Å². The van der Waals surface area contributed by atoms with Gasteiger partial charge in [-0.15, -0.1) is 0 Å². The number of aromatic nitrogens is 2. The molecule has 0 atom stereocenters. The molecule has 3 nitrogen and oxygen atoms in total. The number of nitrogens with one attached hydrogen (secondary N) is 1. The molecule has 1 aromatic carbocycles. The zero-order valence-corrected chi connectivity index (χ0v) is 12.6. The first kappa shape index (κ1) is 14.5. The van der Waals surface area contributed by atoms with Gasteiger partial charge in [0.25, 0.3) is 0 Å². The Hall–Kier alpha value is -1.90. The van der Waals surface area contributed by atoms with Crippen molar-refractivity contribution in [2.24, 2.45) is 5.92 Å². The zero-order chi connectivity index (χ0) is 14.4. The standard InChI is InChI=1S/C17H23N3/c1-4-8-19-17-16(18-9-10-20-17)15-7-5-6-14(12-15)11-13(2)3/h5-7,9-10,12-13H,4,8,11H2,1-3H3,(H,19,20). The summed E-state index contributed by atoms with van der Waals surface area (Å²) in [6.07, 6.45) is 5.65. The Morgan fingerprint density at radius 3 is 2.70 bits per heavy atom. The lowest BCUT2D eigenvalue weighted by Gasteiger charge is -2.11. The molecule has 0 spiro atoms. The smallest absolute Gasteiger partial charge is 0.152 e. The molecule has 3 heteroatoms. The minimum atomic E-state index is 0.657. The Morgan fingerprint density at radius 2 is 1.95 bits per heavy atom. The van der Waals surface area contributed by atoms with Crippen LogP contribution in [0.5, 0.6) is 0 Å². The quantitative estimate of drug-likeness (QED) is 0.855. The van der Waals surface area contributed by atoms with Gasteiger partial charge < -0.3 is 5.32 Å². The van der Waals surface area contributed by atoms with Gasteiger partial charge in [-0.1, -0.05) is 39.0 Å². The van der Waals surface area contributed by atoms with E-state index in [1.54, 1.807) is 12.4 Å². The summed E-state index contributed by atoms with van der Waals surface area (Å²) in [6.45, 7) is 7.54. The van der Waals surface area contributed by atoms with Crippen molar-refractivity contribution >= 4 is 5.82 Å². The number of hydrogen-bond acceptors (Lipinski definition) is 3. The fourth-order valence-corrected chi connectivity index (χ4v) is 2.24. The van der Waals surface area contributed by atoms with Crippen LogP contribution in [0.3, 0.4) is 0 Å². The Kier molecular flexibility index (Phi) is 5.10. The Bertz CT molecular complexity index is 549. The minimum absolute atomic E-state index is 0.657. The number of hydrogen-bond donors (Lipinski definition) is 1. The maximum absolute atomic E-state index is 4.50. The van der Waals surface area contributed by atoms with E-state index in [2.05, 4.69) is 60.3 Å². The molecule has 0 fully saturated rings. The average molecular weight is 269 g/mol. The van der Waals surface area contributed by atoms with Crippen molar-refractivity contribution in [3.8, 4) is 11.3 Å². The van der Waals surface area contributed by atoms with Crippen LogP contribution in [0, 0.1) is 5.92 Å². The van der Waals surface area contributed by atoms with Crippen LogP contribution in [0.25, 0.3) is 11.3 Å². The number of nitrogens with zero attached hydrogens (tertiary/aromatic N) is 2. The molecule has 20 heavy (non-hydrogen) atoms. The molecule has 0 unspecified atom stereocenters. The Balaban J connectivity index is 2.31. The first-order valence-corrected chi connectivity index (χ1v) is 7.35. The van der Waals surface area contributed by atoms with E-state index in [-0.39, 0.29) is 0 Å². The van der Waals surface area contributed by atoms with Gasteiger partial charge in [-0.3, -0.25) is 4.98 Å². The fourth-order valence-electron chi connectivity index (χ4n) is 2.24. The second kappa shape index (κ2) is 7.04. The van der Waals surface area contributed by atoms with Crippen molar-refractivity contribution in [2.75, 3.05) is 11.9 Å². The summed E-state index contributed by atoms with van der Waals surface area (Å²) >= 11 is 0. The van der Waals surface area contributed by atoms with Crippen LogP contribution >= 0.6 is 0 Å². The third-order valence-corrected chi connectivity index (χ3v) is 3.09. The molecule has 0 saturated carbocycles. The highest BCUT2D eigenvalue weighted by Crippen LogP contribution is 2.25. The summed E-state index contributed by atoms with van der Waals surface area (Å²) in [5.74, 6) is 1.53. The first-order valence-electron chi connectivity index (χ1n) is 7.35. The maximum atomic E-state index is 4.50. The average Bonchev–Trinajstić information content (AvgIpc) is 2.45. The first-order chi connectivity index (χ1) is 9.70. The molecule has 1 N–H and O–H groups in total. The van der Waals surface area contributed by atoms with Crippen molar-refractivity contribution in [3.63, 3.8) is 0 Å². The molecule has 106 valence electrons. The maximum Gasteiger partial charge on any atom is 0.152 e. The van der Waals surface area contributed by atoms with Crippen LogP contribution in [0.15, 0.2) is 36.7 Å². The lowest BCUT2D eigenvalue weighted by molar-refractivity contribution is 0.647. The monoisotopic (exact) mass is 269 g/mol. The number of benzene rings is 1. The van der Waals surface area contributed by atoms with E-state index in [9.17, 15) is 0 Å². The van der Waals surface area contributed by atoms with Gasteiger partial charge in [-0.25, -0.2) is 4.98 Å². The van der Waals surface area contributed by atoms with E-state index in [0.717, 1.165) is 36.5 Å². The van der Waals surface area contributed by atoms with E-state index < -0.39 is 0 Å². The summed E-state index contributed by atoms with van der Waals surface area (Å²) in [6, 6.07) is 8.61. The molecule has 1 heterocycles. The number of rotatable bonds is 6. The van der Waals surface area contributed by atoms with E-state index in [0.29, 0.717) is 5.92 Å². The largest absolute Gasteiger partial charge is 0.368 e. The number of anilines is 1. The van der Waals surface area contributed by atoms with Crippen LogP contribution in [0.2, 0.25) is 0 Å². The Morgan fingerprint density at radius 1 is 1.15 bits per heavy atom. The van der Waals surface area contributed by atoms with Crippen LogP contribution in [0.4, 0.5) is 5.82 Å². The molecule has 0 radical (unpaired) electrons. The van der Waals surface area contributed by atoms with Crippen molar-refractivity contribution < 1.29 is 0 Å². The topological polar surface area (TPSA) is 37.8 Å². The summed E-state index contributed by atoms with van der Waals surface area (Å²) in [5.41, 5.74) is 3.42. The van der Waals surface area contributed by atoms with Gasteiger partial charge in [-0.2, -0.15) is 0 Å². The van der Waals surface area contributed by atoms with Gasteiger partial charge in [0, 0.05) is 24.5 Å². The third kappa shape index (κ3) is 3.80. The van der Waals surface area contributed by atoms with Crippen molar-refractivity contribution in [3.05, 3.63) is 42.2 Å². The molecule has 2 rings (SSSR count). The van der Waals surface area contributed by atoms with Gasteiger partial charge in [-0.05, 0) is 30.4 Å². The van der Waals surface area contributed by atoms with Gasteiger partial charge in [0.1, 0.15) is 5.69 Å². The summed E-state index contributed by atoms with van der Waals surface area (Å²) in [7, 11) is 0. The summed E-state index contributed by atoms with van der Waals surface area (Å²) in [4.78, 5) is 8.91. The normalized spacial score (nSPS) is 10.8. The predicted octanol–water partition coefficient (Wildman–Crippen LogP) is 4.16. The van der Waals surface area contributed by atoms with E-state index in [4.69, 9.17) is 0 Å². The van der Waals surface area contributed by atoms with Crippen LogP contribution in [0.1, 0.15) is 32.8 Å². The third-order valence-electron chi connectivity index (χ3n) is 3.09. The van der Waals surface area contributed by atoms with Gasteiger partial charge in [0.05, 0.1) is 0 Å². The SMILES string of the molecule is CCCNc1nccnc1-c1cccc(CC(C)C)c1. The molecular formula is C17H23N3. The molecule has 0 aliphatic rings. The second-order valence-corrected chi connectivity index (χ2v) is 5.48. The lowest BCUT2D eigenvalue weighted by atomic mass is 10.00. The molecule has 0 bridgehead atoms. The highest BCUT2D eigenvalue weighted by molar-refractivity contribution is 5.71. The van der Waals surface area contributed by atoms with Crippen molar-refractivity contribution in [1.82, 2.24) is 9.97 Å². The minimum Gasteiger partial charge on any atom is -0.368 e. The van der Waals surface area contributed by atoms with Crippen molar-refractivity contribution in [1.29, 1.82) is 0 Å². The van der Waals surface area contributed by atoms with E-state index in [1.807, 2.05) is 0 Å². The summed E-state index contributed by atoms with van der Waals surface area (Å²) in [5, 5.41) is 3.35. The van der Waals surface area contributed by atoms with Crippen LogP contribution < -0.4 is 5.32 Å². The highest BCUT2D eigenvalue weighted by atomic mass is 15.0. The van der Waals surface area contributed by atoms with Crippen molar-refractivity contribution in [2.45, 2.75) is 33.6 Å². The molecule has 0 amide bonds. The predicted molar refractivity (Wildman–Crippen MR) is 84.8 cm³/mol. The molecule has 0 aliphatic heterocycles. The van der Waals surface area contributed by atoms with Gasteiger partial charge in [0.15, 0.2) is 5.82 Å². The van der Waals surface area contributed by atoms with E-state index in [1.165, 1.54) is 5.56 Å². The van der Waals surface area contributed by atoms with Gasteiger partial charge >= 0.3 is 0 Å². The van der Waals surface area contributed by atoms with Crippen LogP contribution in [-0.2, 0) is 6.42 Å². The molecule has 2 aromatic rings. The highest BCUT2D eigenvalue weighted by Gasteiger charge is 2.08. The van der Waals surface area contributed by atoms with Crippen LogP contribution in [-0.4, -0.2) is 16.5 Å². The second-order valence-electron chi connectivity index (χ2n) is 5.48. The zero-order valence-electron chi connectivity index (χ0n) is 12.6.